The van der Waals surface area contributed by atoms with Crippen LogP contribution in [-0.4, -0.2) is 18.2 Å². The molecule has 15 heavy (non-hydrogen) atoms. The van der Waals surface area contributed by atoms with Gasteiger partial charge < -0.3 is 9.84 Å². The lowest BCUT2D eigenvalue weighted by Crippen LogP contribution is -2.01. The molecule has 78 valence electrons. The van der Waals surface area contributed by atoms with E-state index in [-0.39, 0.29) is 5.76 Å². The van der Waals surface area contributed by atoms with Crippen LogP contribution in [0.25, 0.3) is 6.08 Å². The van der Waals surface area contributed by atoms with Crippen molar-refractivity contribution in [2.75, 3.05) is 7.11 Å². The molecule has 1 aromatic rings. The number of hydrogen-bond acceptors (Lipinski definition) is 2. The summed E-state index contributed by atoms with van der Waals surface area (Å²) in [5.74, 6) is -1.16. The van der Waals surface area contributed by atoms with Crippen LogP contribution >= 0.6 is 0 Å². The van der Waals surface area contributed by atoms with Gasteiger partial charge in [-0.15, -0.1) is 0 Å². The van der Waals surface area contributed by atoms with Gasteiger partial charge in [0.05, 0.1) is 7.11 Å². The molecule has 0 radical (unpaired) electrons. The van der Waals surface area contributed by atoms with Gasteiger partial charge in [0.2, 0.25) is 5.76 Å². The molecule has 1 N–H and O–H groups in total. The van der Waals surface area contributed by atoms with Crippen molar-refractivity contribution in [3.63, 3.8) is 0 Å². The predicted molar refractivity (Wildman–Crippen MR) is 58.2 cm³/mol. The highest BCUT2D eigenvalue weighted by atomic mass is 16.5. The molecule has 0 fully saturated rings. The topological polar surface area (TPSA) is 46.5 Å². The van der Waals surface area contributed by atoms with Crippen molar-refractivity contribution < 1.29 is 14.6 Å². The first-order chi connectivity index (χ1) is 7.24. The Morgan fingerprint density at radius 1 is 1.33 bits per heavy atom. The number of aliphatic carboxylic acids is 1. The first-order valence-corrected chi connectivity index (χ1v) is 4.44. The first kappa shape index (κ1) is 11.0. The van der Waals surface area contributed by atoms with E-state index in [9.17, 15) is 4.79 Å². The number of carboxylic acids is 1. The lowest BCUT2D eigenvalue weighted by Gasteiger charge is -1.96. The second-order valence-corrected chi connectivity index (χ2v) is 2.81. The zero-order valence-electron chi connectivity index (χ0n) is 8.38. The van der Waals surface area contributed by atoms with E-state index >= 15 is 0 Å². The molecule has 0 saturated carbocycles. The van der Waals surface area contributed by atoms with Crippen molar-refractivity contribution >= 4 is 12.0 Å². The average molecular weight is 204 g/mol. The fraction of sp³-hybridized carbons (Fsp3) is 0.0833. The smallest absolute Gasteiger partial charge is 0.371 e. The van der Waals surface area contributed by atoms with E-state index in [1.807, 2.05) is 36.4 Å². The van der Waals surface area contributed by atoms with Crippen molar-refractivity contribution in [2.24, 2.45) is 0 Å². The number of methoxy groups -OCH3 is 1. The Morgan fingerprint density at radius 3 is 2.53 bits per heavy atom. The van der Waals surface area contributed by atoms with Crippen molar-refractivity contribution in [1.82, 2.24) is 0 Å². The molecular formula is C12H12O3. The van der Waals surface area contributed by atoms with Gasteiger partial charge in [-0.2, -0.15) is 0 Å². The Bertz CT molecular complexity index is 377. The van der Waals surface area contributed by atoms with E-state index in [1.54, 1.807) is 6.08 Å². The molecular weight excluding hydrogens is 192 g/mol. The Kier molecular flexibility index (Phi) is 4.16. The van der Waals surface area contributed by atoms with Crippen molar-refractivity contribution in [3.8, 4) is 0 Å². The minimum Gasteiger partial charge on any atom is -0.490 e. The lowest BCUT2D eigenvalue weighted by molar-refractivity contribution is -0.136. The van der Waals surface area contributed by atoms with Crippen molar-refractivity contribution in [2.45, 2.75) is 0 Å². The number of carboxylic acid groups (broad SMARTS) is 1. The molecule has 0 heterocycles. The normalized spacial score (nSPS) is 11.7. The first-order valence-electron chi connectivity index (χ1n) is 4.44. The molecule has 0 amide bonds. The highest BCUT2D eigenvalue weighted by Crippen LogP contribution is 2.02. The van der Waals surface area contributed by atoms with Crippen LogP contribution in [-0.2, 0) is 9.53 Å². The van der Waals surface area contributed by atoms with Crippen molar-refractivity contribution in [1.29, 1.82) is 0 Å². The van der Waals surface area contributed by atoms with Crippen molar-refractivity contribution in [3.05, 3.63) is 53.8 Å². The van der Waals surface area contributed by atoms with Crippen LogP contribution in [0.1, 0.15) is 5.56 Å². The number of ether oxygens (including phenoxy) is 1. The predicted octanol–water partition coefficient (Wildman–Crippen LogP) is 2.31. The maximum Gasteiger partial charge on any atom is 0.371 e. The molecule has 0 bridgehead atoms. The van der Waals surface area contributed by atoms with Crippen LogP contribution in [0.3, 0.4) is 0 Å². The molecule has 0 aliphatic rings. The third-order valence-electron chi connectivity index (χ3n) is 1.77. The molecule has 0 saturated heterocycles. The second kappa shape index (κ2) is 5.65. The molecule has 0 aliphatic heterocycles. The van der Waals surface area contributed by atoms with Crippen LogP contribution in [0, 0.1) is 0 Å². The number of allylic oxidation sites excluding steroid dienone is 2. The fourth-order valence-electron chi connectivity index (χ4n) is 1.04. The average Bonchev–Trinajstić information content (AvgIpc) is 2.25. The molecule has 0 spiro atoms. The zero-order valence-corrected chi connectivity index (χ0v) is 8.38. The van der Waals surface area contributed by atoms with Crippen LogP contribution in [0.4, 0.5) is 0 Å². The molecule has 1 rings (SSSR count). The number of carbonyl (C=O) groups is 1. The van der Waals surface area contributed by atoms with Crippen LogP contribution in [0.15, 0.2) is 48.2 Å². The second-order valence-electron chi connectivity index (χ2n) is 2.81. The van der Waals surface area contributed by atoms with Gasteiger partial charge in [0.25, 0.3) is 0 Å². The molecule has 0 atom stereocenters. The Labute approximate surface area is 88.3 Å². The van der Waals surface area contributed by atoms with Crippen LogP contribution < -0.4 is 0 Å². The summed E-state index contributed by atoms with van der Waals surface area (Å²) in [6.07, 6.45) is 4.86. The molecule has 3 heteroatoms. The quantitative estimate of drug-likeness (QED) is 0.465. The van der Waals surface area contributed by atoms with Gasteiger partial charge in [0, 0.05) is 0 Å². The Balaban J connectivity index is 2.70. The van der Waals surface area contributed by atoms with Gasteiger partial charge in [0.15, 0.2) is 0 Å². The summed E-state index contributed by atoms with van der Waals surface area (Å²) in [7, 11) is 1.33. The Morgan fingerprint density at radius 2 is 2.00 bits per heavy atom. The summed E-state index contributed by atoms with van der Waals surface area (Å²) in [6.45, 7) is 0. The van der Waals surface area contributed by atoms with Crippen LogP contribution in [0.5, 0.6) is 0 Å². The SMILES string of the molecule is CO/C(=C/C=C/c1ccccc1)C(=O)O. The largest absolute Gasteiger partial charge is 0.490 e. The van der Waals surface area contributed by atoms with Gasteiger partial charge in [-0.3, -0.25) is 0 Å². The summed E-state index contributed by atoms with van der Waals surface area (Å²) >= 11 is 0. The zero-order chi connectivity index (χ0) is 11.1. The van der Waals surface area contributed by atoms with Gasteiger partial charge in [0.1, 0.15) is 0 Å². The maximum atomic E-state index is 10.5. The van der Waals surface area contributed by atoms with E-state index in [2.05, 4.69) is 4.74 Å². The molecule has 0 aliphatic carbocycles. The van der Waals surface area contributed by atoms with E-state index in [0.29, 0.717) is 0 Å². The summed E-state index contributed by atoms with van der Waals surface area (Å²) < 4.78 is 4.66. The molecule has 1 aromatic carbocycles. The Hall–Kier alpha value is -2.03. The highest BCUT2D eigenvalue weighted by Gasteiger charge is 2.03. The summed E-state index contributed by atoms with van der Waals surface area (Å²) in [5.41, 5.74) is 1.01. The van der Waals surface area contributed by atoms with E-state index in [0.717, 1.165) is 5.56 Å². The van der Waals surface area contributed by atoms with Gasteiger partial charge in [-0.25, -0.2) is 4.79 Å². The van der Waals surface area contributed by atoms with Gasteiger partial charge >= 0.3 is 5.97 Å². The minimum absolute atomic E-state index is 0.0813. The minimum atomic E-state index is -1.07. The van der Waals surface area contributed by atoms with E-state index in [4.69, 9.17) is 5.11 Å². The number of hydrogen-bond donors (Lipinski definition) is 1. The number of benzene rings is 1. The van der Waals surface area contributed by atoms with Gasteiger partial charge in [-0.1, -0.05) is 42.5 Å². The molecule has 3 nitrogen and oxygen atoms in total. The van der Waals surface area contributed by atoms with E-state index < -0.39 is 5.97 Å². The summed E-state index contributed by atoms with van der Waals surface area (Å²) in [5, 5.41) is 8.64. The van der Waals surface area contributed by atoms with Gasteiger partial charge in [-0.05, 0) is 11.6 Å². The lowest BCUT2D eigenvalue weighted by atomic mass is 10.2. The molecule has 0 unspecified atom stereocenters. The monoisotopic (exact) mass is 204 g/mol. The standard InChI is InChI=1S/C12H12O3/c1-15-11(12(13)14)9-5-8-10-6-3-2-4-7-10/h2-9H,1H3,(H,13,14)/b8-5+,11-9+. The molecule has 0 aromatic heterocycles. The van der Waals surface area contributed by atoms with E-state index in [1.165, 1.54) is 13.2 Å². The third kappa shape index (κ3) is 3.68. The fourth-order valence-corrected chi connectivity index (χ4v) is 1.04. The highest BCUT2D eigenvalue weighted by molar-refractivity contribution is 5.84. The van der Waals surface area contributed by atoms with Crippen LogP contribution in [0.2, 0.25) is 0 Å². The summed E-state index contributed by atoms with van der Waals surface area (Å²) in [6, 6.07) is 9.61. The number of rotatable bonds is 4. The summed E-state index contributed by atoms with van der Waals surface area (Å²) in [4.78, 5) is 10.5. The maximum absolute atomic E-state index is 10.5. The third-order valence-corrected chi connectivity index (χ3v) is 1.77.